The van der Waals surface area contributed by atoms with Gasteiger partial charge in [-0.15, -0.1) is 0 Å². The van der Waals surface area contributed by atoms with Gasteiger partial charge in [-0.2, -0.15) is 0 Å². The van der Waals surface area contributed by atoms with Crippen LogP contribution in [-0.2, 0) is 4.79 Å². The maximum absolute atomic E-state index is 12.0. The number of carbonyl (C=O) groups is 2. The Hall–Kier alpha value is -3.04. The average molecular weight is 503 g/mol. The van der Waals surface area contributed by atoms with Crippen LogP contribution >= 0.6 is 15.9 Å². The van der Waals surface area contributed by atoms with Crippen molar-refractivity contribution in [1.29, 1.82) is 0 Å². The topological polar surface area (TPSA) is 108 Å². The Labute approximate surface area is 193 Å². The van der Waals surface area contributed by atoms with Crippen LogP contribution in [0.2, 0.25) is 0 Å². The predicted molar refractivity (Wildman–Crippen MR) is 121 cm³/mol. The van der Waals surface area contributed by atoms with E-state index in [1.54, 1.807) is 12.1 Å². The van der Waals surface area contributed by atoms with Crippen molar-refractivity contribution in [3.05, 3.63) is 64.1 Å². The number of amides is 1. The first kappa shape index (κ1) is 22.2. The lowest BCUT2D eigenvalue weighted by atomic mass is 9.82. The fourth-order valence-electron chi connectivity index (χ4n) is 4.23. The molecule has 2 aliphatic heterocycles. The summed E-state index contributed by atoms with van der Waals surface area (Å²) in [5.74, 6) is 0.312. The molecular formula is C23H23BrN2O6. The van der Waals surface area contributed by atoms with Crippen LogP contribution in [0.15, 0.2) is 58.6 Å². The maximum atomic E-state index is 12.0. The van der Waals surface area contributed by atoms with E-state index < -0.39 is 18.1 Å². The third-order valence-corrected chi connectivity index (χ3v) is 6.16. The zero-order valence-electron chi connectivity index (χ0n) is 17.2. The zero-order valence-corrected chi connectivity index (χ0v) is 18.7. The average Bonchev–Trinajstić information content (AvgIpc) is 2.77. The fraction of sp³-hybridized carbons (Fsp3) is 0.304. The number of rotatable bonds is 7. The Morgan fingerprint density at radius 3 is 2.12 bits per heavy atom. The van der Waals surface area contributed by atoms with Crippen molar-refractivity contribution in [2.45, 2.75) is 18.5 Å². The lowest BCUT2D eigenvalue weighted by molar-refractivity contribution is -0.133. The number of hydrogen-bond acceptors (Lipinski definition) is 5. The van der Waals surface area contributed by atoms with Crippen LogP contribution in [0.1, 0.15) is 12.0 Å². The number of fused-ring (bicyclic) bond motifs is 2. The number of halogens is 1. The van der Waals surface area contributed by atoms with E-state index in [0.29, 0.717) is 37.5 Å². The first-order chi connectivity index (χ1) is 15.4. The second-order valence-corrected chi connectivity index (χ2v) is 8.51. The van der Waals surface area contributed by atoms with Gasteiger partial charge in [0.25, 0.3) is 0 Å². The molecule has 2 aliphatic rings. The smallest absolute Gasteiger partial charge is 0.408 e. The van der Waals surface area contributed by atoms with Gasteiger partial charge in [0, 0.05) is 17.6 Å². The standard InChI is InChI=1S/C23H23BrN2O6/c24-15-3-7-18(8-4-15)32-10-9-31-17-5-1-14(2-6-17)19-11-16-12-25-13-20(21(19)22(27)28)26(16)23(29)30/h1-8,16,20,25H,9-13H2,(H,27,28)(H,29,30)/t16-,20-/m1/s1. The summed E-state index contributed by atoms with van der Waals surface area (Å²) in [7, 11) is 0. The summed E-state index contributed by atoms with van der Waals surface area (Å²) in [5, 5.41) is 22.6. The van der Waals surface area contributed by atoms with Crippen molar-refractivity contribution < 1.29 is 29.3 Å². The zero-order chi connectivity index (χ0) is 22.7. The van der Waals surface area contributed by atoms with Crippen LogP contribution in [-0.4, -0.2) is 65.6 Å². The van der Waals surface area contributed by atoms with E-state index in [2.05, 4.69) is 21.2 Å². The Balaban J connectivity index is 1.44. The third-order valence-electron chi connectivity index (χ3n) is 5.63. The molecule has 9 heteroatoms. The van der Waals surface area contributed by atoms with Crippen molar-refractivity contribution in [3.8, 4) is 11.5 Å². The molecule has 0 aromatic heterocycles. The number of piperazine rings is 1. The van der Waals surface area contributed by atoms with Gasteiger partial charge in [0.15, 0.2) is 0 Å². The Morgan fingerprint density at radius 1 is 0.969 bits per heavy atom. The molecule has 32 heavy (non-hydrogen) atoms. The van der Waals surface area contributed by atoms with E-state index in [9.17, 15) is 19.8 Å². The van der Waals surface area contributed by atoms with Gasteiger partial charge < -0.3 is 25.0 Å². The summed E-state index contributed by atoms with van der Waals surface area (Å²) >= 11 is 3.38. The van der Waals surface area contributed by atoms with E-state index >= 15 is 0 Å². The van der Waals surface area contributed by atoms with Gasteiger partial charge in [0.2, 0.25) is 0 Å². The molecule has 0 unspecified atom stereocenters. The largest absolute Gasteiger partial charge is 0.490 e. The van der Waals surface area contributed by atoms with Crippen molar-refractivity contribution in [1.82, 2.24) is 10.2 Å². The van der Waals surface area contributed by atoms with Crippen LogP contribution in [0.3, 0.4) is 0 Å². The molecule has 0 spiro atoms. The number of nitrogens with one attached hydrogen (secondary N) is 1. The normalized spacial score (nSPS) is 20.1. The molecule has 1 fully saturated rings. The second kappa shape index (κ2) is 9.62. The highest BCUT2D eigenvalue weighted by Crippen LogP contribution is 2.37. The lowest BCUT2D eigenvalue weighted by Crippen LogP contribution is -2.62. The molecule has 0 aliphatic carbocycles. The van der Waals surface area contributed by atoms with Crippen molar-refractivity contribution >= 4 is 33.6 Å². The molecule has 168 valence electrons. The van der Waals surface area contributed by atoms with E-state index in [1.165, 1.54) is 4.90 Å². The molecule has 0 radical (unpaired) electrons. The monoisotopic (exact) mass is 502 g/mol. The molecule has 1 amide bonds. The molecule has 8 nitrogen and oxygen atoms in total. The Morgan fingerprint density at radius 2 is 1.56 bits per heavy atom. The predicted octanol–water partition coefficient (Wildman–Crippen LogP) is 3.47. The maximum Gasteiger partial charge on any atom is 0.408 e. The number of aliphatic carboxylic acids is 1. The van der Waals surface area contributed by atoms with Gasteiger partial charge in [0.1, 0.15) is 24.7 Å². The minimum atomic E-state index is -1.09. The van der Waals surface area contributed by atoms with Crippen LogP contribution in [0, 0.1) is 0 Å². The van der Waals surface area contributed by atoms with Crippen molar-refractivity contribution in [2.24, 2.45) is 0 Å². The molecule has 2 atom stereocenters. The lowest BCUT2D eigenvalue weighted by Gasteiger charge is -2.45. The molecule has 1 saturated heterocycles. The Kier molecular flexibility index (Phi) is 6.66. The van der Waals surface area contributed by atoms with Gasteiger partial charge in [-0.1, -0.05) is 28.1 Å². The minimum Gasteiger partial charge on any atom is -0.490 e. The van der Waals surface area contributed by atoms with Crippen molar-refractivity contribution in [3.63, 3.8) is 0 Å². The highest BCUT2D eigenvalue weighted by Gasteiger charge is 2.44. The molecule has 4 rings (SSSR count). The van der Waals surface area contributed by atoms with Gasteiger partial charge in [-0.3, -0.25) is 4.90 Å². The molecule has 2 aromatic rings. The number of hydrogen-bond donors (Lipinski definition) is 3. The van der Waals surface area contributed by atoms with Crippen LogP contribution in [0.5, 0.6) is 11.5 Å². The van der Waals surface area contributed by atoms with Crippen molar-refractivity contribution in [2.75, 3.05) is 26.3 Å². The summed E-state index contributed by atoms with van der Waals surface area (Å²) in [6, 6.07) is 13.8. The quantitative estimate of drug-likeness (QED) is 0.497. The molecule has 2 aromatic carbocycles. The third kappa shape index (κ3) is 4.73. The molecule has 2 bridgehead atoms. The van der Waals surface area contributed by atoms with Crippen LogP contribution in [0.4, 0.5) is 4.79 Å². The van der Waals surface area contributed by atoms with E-state index in [1.807, 2.05) is 36.4 Å². The summed E-state index contributed by atoms with van der Waals surface area (Å²) in [6.07, 6.45) is -0.744. The van der Waals surface area contributed by atoms with E-state index in [4.69, 9.17) is 9.47 Å². The van der Waals surface area contributed by atoms with E-state index in [0.717, 1.165) is 15.8 Å². The van der Waals surface area contributed by atoms with Gasteiger partial charge >= 0.3 is 12.1 Å². The first-order valence-corrected chi connectivity index (χ1v) is 11.0. The minimum absolute atomic E-state index is 0.132. The Bertz CT molecular complexity index is 1020. The first-order valence-electron chi connectivity index (χ1n) is 10.2. The van der Waals surface area contributed by atoms with Gasteiger partial charge in [0.05, 0.1) is 17.7 Å². The SMILES string of the molecule is O=C(O)C1=C(c2ccc(OCCOc3ccc(Br)cc3)cc2)C[C@@H]2CNC[C@H]1N2C(=O)O. The number of carboxylic acid groups (broad SMARTS) is 2. The summed E-state index contributed by atoms with van der Waals surface area (Å²) in [4.78, 5) is 25.0. The van der Waals surface area contributed by atoms with Gasteiger partial charge in [-0.25, -0.2) is 9.59 Å². The summed E-state index contributed by atoms with van der Waals surface area (Å²) in [6.45, 7) is 1.53. The van der Waals surface area contributed by atoms with Crippen LogP contribution < -0.4 is 14.8 Å². The number of benzene rings is 2. The summed E-state index contributed by atoms with van der Waals surface area (Å²) < 4.78 is 12.3. The fourth-order valence-corrected chi connectivity index (χ4v) is 4.50. The van der Waals surface area contributed by atoms with Crippen LogP contribution in [0.25, 0.3) is 5.57 Å². The summed E-state index contributed by atoms with van der Waals surface area (Å²) in [5.41, 5.74) is 1.58. The second-order valence-electron chi connectivity index (χ2n) is 7.59. The molecule has 2 heterocycles. The number of carboxylic acids is 1. The molecule has 0 saturated carbocycles. The molecule has 3 N–H and O–H groups in total. The highest BCUT2D eigenvalue weighted by molar-refractivity contribution is 9.10. The number of ether oxygens (including phenoxy) is 2. The molecular weight excluding hydrogens is 480 g/mol. The highest BCUT2D eigenvalue weighted by atomic mass is 79.9. The van der Waals surface area contributed by atoms with Gasteiger partial charge in [-0.05, 0) is 54.0 Å². The number of nitrogens with zero attached hydrogens (tertiary/aromatic N) is 1. The van der Waals surface area contributed by atoms with E-state index in [-0.39, 0.29) is 18.2 Å².